The molecule has 0 N–H and O–H groups in total. The normalized spacial score (nSPS) is 17.3. The van der Waals surface area contributed by atoms with E-state index in [0.717, 1.165) is 11.3 Å². The maximum Gasteiger partial charge on any atom is 0.319 e. The molecule has 4 heterocycles. The Morgan fingerprint density at radius 1 is 1.44 bits per heavy atom. The molecule has 0 spiro atoms. The van der Waals surface area contributed by atoms with Gasteiger partial charge >= 0.3 is 5.97 Å². The summed E-state index contributed by atoms with van der Waals surface area (Å²) < 4.78 is 12.0. The summed E-state index contributed by atoms with van der Waals surface area (Å²) >= 11 is 2.82. The molecule has 1 unspecified atom stereocenters. The highest BCUT2D eigenvalue weighted by Gasteiger charge is 2.30. The number of hydrogen-bond acceptors (Lipinski definition) is 7. The van der Waals surface area contributed by atoms with E-state index in [9.17, 15) is 9.59 Å². The zero-order chi connectivity index (χ0) is 17.4. The fraction of sp³-hybridized carbons (Fsp3) is 0.353. The Hall–Kier alpha value is -2.06. The minimum atomic E-state index is -0.321. The second kappa shape index (κ2) is 6.68. The number of aryl methyl sites for hydroxylation is 1. The van der Waals surface area contributed by atoms with Crippen molar-refractivity contribution in [3.05, 3.63) is 45.5 Å². The number of thiophene rings is 1. The molecule has 0 saturated carbocycles. The number of thioether (sulfide) groups is 1. The number of ether oxygens (including phenoxy) is 1. The molecule has 0 bridgehead atoms. The molecule has 1 aliphatic heterocycles. The number of nitrogens with zero attached hydrogens (tertiary/aromatic N) is 2. The molecule has 8 heteroatoms. The van der Waals surface area contributed by atoms with Crippen molar-refractivity contribution in [1.82, 2.24) is 9.55 Å². The summed E-state index contributed by atoms with van der Waals surface area (Å²) in [5.74, 6) is 0.425. The van der Waals surface area contributed by atoms with Crippen LogP contribution in [-0.4, -0.2) is 27.4 Å². The molecule has 0 amide bonds. The molecule has 0 aliphatic carbocycles. The Kier molecular flexibility index (Phi) is 4.39. The van der Waals surface area contributed by atoms with Crippen LogP contribution in [0.15, 0.2) is 38.8 Å². The number of hydrogen-bond donors (Lipinski definition) is 0. The van der Waals surface area contributed by atoms with E-state index in [1.807, 2.05) is 12.1 Å². The van der Waals surface area contributed by atoms with Gasteiger partial charge in [-0.1, -0.05) is 18.7 Å². The summed E-state index contributed by atoms with van der Waals surface area (Å²) in [7, 11) is 0. The quantitative estimate of drug-likeness (QED) is 0.503. The van der Waals surface area contributed by atoms with E-state index in [-0.39, 0.29) is 23.3 Å². The summed E-state index contributed by atoms with van der Waals surface area (Å²) in [6, 6.07) is 5.51. The van der Waals surface area contributed by atoms with Gasteiger partial charge in [0.2, 0.25) is 0 Å². The van der Waals surface area contributed by atoms with Gasteiger partial charge in [0.1, 0.15) is 15.8 Å². The van der Waals surface area contributed by atoms with Gasteiger partial charge in [-0.15, -0.1) is 11.3 Å². The largest absolute Gasteiger partial charge is 0.467 e. The lowest BCUT2D eigenvalue weighted by Crippen LogP contribution is -2.24. The Bertz CT molecular complexity index is 975. The predicted molar refractivity (Wildman–Crippen MR) is 96.3 cm³/mol. The van der Waals surface area contributed by atoms with Gasteiger partial charge in [-0.05, 0) is 24.6 Å². The zero-order valence-electron chi connectivity index (χ0n) is 13.6. The van der Waals surface area contributed by atoms with Crippen LogP contribution in [0, 0.1) is 0 Å². The Morgan fingerprint density at radius 3 is 3.00 bits per heavy atom. The van der Waals surface area contributed by atoms with Crippen LogP contribution >= 0.6 is 23.1 Å². The van der Waals surface area contributed by atoms with Crippen molar-refractivity contribution in [2.45, 2.75) is 36.7 Å². The van der Waals surface area contributed by atoms with Crippen molar-refractivity contribution in [3.63, 3.8) is 0 Å². The second-order valence-corrected chi connectivity index (χ2v) is 8.00. The molecule has 1 aliphatic rings. The average Bonchev–Trinajstić information content (AvgIpc) is 3.33. The Labute approximate surface area is 151 Å². The number of fused-ring (bicyclic) bond motifs is 1. The molecular formula is C17H16N2O4S2. The first-order chi connectivity index (χ1) is 12.2. The van der Waals surface area contributed by atoms with E-state index < -0.39 is 0 Å². The van der Waals surface area contributed by atoms with E-state index in [2.05, 4.69) is 11.9 Å². The van der Waals surface area contributed by atoms with Crippen LogP contribution in [-0.2, 0) is 22.5 Å². The van der Waals surface area contributed by atoms with Gasteiger partial charge in [-0.25, -0.2) is 4.98 Å². The number of rotatable bonds is 5. The molecule has 1 atom stereocenters. The van der Waals surface area contributed by atoms with Gasteiger partial charge < -0.3 is 9.15 Å². The maximum atomic E-state index is 13.0. The topological polar surface area (TPSA) is 74.3 Å². The molecule has 0 radical (unpaired) electrons. The fourth-order valence-corrected chi connectivity index (χ4v) is 4.79. The van der Waals surface area contributed by atoms with Crippen LogP contribution in [0.5, 0.6) is 0 Å². The Balaban J connectivity index is 1.82. The molecule has 6 nitrogen and oxygen atoms in total. The highest BCUT2D eigenvalue weighted by Crippen LogP contribution is 2.31. The SMILES string of the molecule is CCc1cc2c(=O)n(Cc3ccco3)c(SC3CCOC3=O)nc2s1. The smallest absolute Gasteiger partial charge is 0.319 e. The van der Waals surface area contributed by atoms with Gasteiger partial charge in [0, 0.05) is 11.3 Å². The van der Waals surface area contributed by atoms with Crippen LogP contribution in [0.1, 0.15) is 24.0 Å². The molecule has 4 rings (SSSR count). The minimum Gasteiger partial charge on any atom is -0.467 e. The molecular weight excluding hydrogens is 360 g/mol. The zero-order valence-corrected chi connectivity index (χ0v) is 15.2. The lowest BCUT2D eigenvalue weighted by atomic mass is 10.3. The monoisotopic (exact) mass is 376 g/mol. The van der Waals surface area contributed by atoms with E-state index >= 15 is 0 Å². The van der Waals surface area contributed by atoms with Gasteiger partial charge in [0.05, 0.1) is 24.8 Å². The van der Waals surface area contributed by atoms with Crippen LogP contribution in [0.3, 0.4) is 0 Å². The third-order valence-corrected chi connectivity index (χ3v) is 6.45. The summed E-state index contributed by atoms with van der Waals surface area (Å²) in [5, 5.41) is 0.826. The fourth-order valence-electron chi connectivity index (χ4n) is 2.72. The number of furan rings is 1. The van der Waals surface area contributed by atoms with Gasteiger partial charge in [-0.2, -0.15) is 0 Å². The molecule has 130 valence electrons. The summed E-state index contributed by atoms with van der Waals surface area (Å²) in [4.78, 5) is 31.4. The summed E-state index contributed by atoms with van der Waals surface area (Å²) in [6.45, 7) is 2.76. The molecule has 0 aromatic carbocycles. The standard InChI is InChI=1S/C17H16N2O4S2/c1-2-11-8-12-14(24-11)18-17(25-13-5-7-23-16(13)21)19(15(12)20)9-10-4-3-6-22-10/h3-4,6,8,13H,2,5,7,9H2,1H3. The van der Waals surface area contributed by atoms with Crippen LogP contribution < -0.4 is 5.56 Å². The number of carbonyl (C=O) groups excluding carboxylic acids is 1. The average molecular weight is 376 g/mol. The van der Waals surface area contributed by atoms with Crippen molar-refractivity contribution in [2.75, 3.05) is 6.61 Å². The first kappa shape index (κ1) is 16.4. The van der Waals surface area contributed by atoms with E-state index in [1.54, 1.807) is 16.9 Å². The van der Waals surface area contributed by atoms with Crippen LogP contribution in [0.2, 0.25) is 0 Å². The number of aromatic nitrogens is 2. The van der Waals surface area contributed by atoms with Crippen molar-refractivity contribution >= 4 is 39.3 Å². The van der Waals surface area contributed by atoms with Gasteiger partial charge in [0.15, 0.2) is 5.16 Å². The first-order valence-electron chi connectivity index (χ1n) is 8.04. The van der Waals surface area contributed by atoms with Crippen molar-refractivity contribution in [3.8, 4) is 0 Å². The van der Waals surface area contributed by atoms with E-state index in [1.165, 1.54) is 23.1 Å². The van der Waals surface area contributed by atoms with Crippen molar-refractivity contribution in [1.29, 1.82) is 0 Å². The van der Waals surface area contributed by atoms with Crippen LogP contribution in [0.25, 0.3) is 10.2 Å². The number of carbonyl (C=O) groups is 1. The molecule has 1 saturated heterocycles. The van der Waals surface area contributed by atoms with Gasteiger partial charge in [-0.3, -0.25) is 14.2 Å². The van der Waals surface area contributed by atoms with Gasteiger partial charge in [0.25, 0.3) is 5.56 Å². The summed E-state index contributed by atoms with van der Waals surface area (Å²) in [5.41, 5.74) is -0.105. The number of esters is 1. The number of cyclic esters (lactones) is 1. The molecule has 3 aromatic heterocycles. The Morgan fingerprint density at radius 2 is 2.32 bits per heavy atom. The third-order valence-electron chi connectivity index (χ3n) is 4.04. The summed E-state index contributed by atoms with van der Waals surface area (Å²) in [6.07, 6.45) is 3.06. The minimum absolute atomic E-state index is 0.105. The maximum absolute atomic E-state index is 13.0. The van der Waals surface area contributed by atoms with E-state index in [4.69, 9.17) is 9.15 Å². The second-order valence-electron chi connectivity index (χ2n) is 5.71. The lowest BCUT2D eigenvalue weighted by molar-refractivity contribution is -0.137. The molecule has 3 aromatic rings. The highest BCUT2D eigenvalue weighted by molar-refractivity contribution is 8.00. The van der Waals surface area contributed by atoms with Crippen molar-refractivity contribution in [2.24, 2.45) is 0 Å². The van der Waals surface area contributed by atoms with E-state index in [0.29, 0.717) is 34.2 Å². The molecule has 1 fully saturated rings. The molecule has 25 heavy (non-hydrogen) atoms. The third kappa shape index (κ3) is 3.11. The van der Waals surface area contributed by atoms with Crippen LogP contribution in [0.4, 0.5) is 0 Å². The highest BCUT2D eigenvalue weighted by atomic mass is 32.2. The first-order valence-corrected chi connectivity index (χ1v) is 9.74. The lowest BCUT2D eigenvalue weighted by Gasteiger charge is -2.12. The predicted octanol–water partition coefficient (Wildman–Crippen LogP) is 3.07. The van der Waals surface area contributed by atoms with Crippen molar-refractivity contribution < 1.29 is 13.9 Å².